The number of aliphatic hydroxyl groups is 2. The first kappa shape index (κ1) is 55.0. The molecule has 0 spiro atoms. The van der Waals surface area contributed by atoms with Crippen molar-refractivity contribution in [1.82, 2.24) is 0 Å². The molecule has 7 nitrogen and oxygen atoms in total. The van der Waals surface area contributed by atoms with Crippen LogP contribution in [0.25, 0.3) is 33.4 Å². The number of ether oxygens (including phenoxy) is 3. The van der Waals surface area contributed by atoms with Crippen molar-refractivity contribution >= 4 is 11.9 Å². The zero-order chi connectivity index (χ0) is 49.8. The van der Waals surface area contributed by atoms with E-state index in [0.717, 1.165) is 59.6 Å². The lowest BCUT2D eigenvalue weighted by Gasteiger charge is -2.30. The monoisotopic (exact) mass is 941 g/mol. The van der Waals surface area contributed by atoms with Crippen LogP contribution in [0.5, 0.6) is 5.75 Å². The third-order valence-electron chi connectivity index (χ3n) is 14.6. The summed E-state index contributed by atoms with van der Waals surface area (Å²) in [6, 6.07) is 27.6. The molecule has 1 aliphatic rings. The Labute approximate surface area is 415 Å². The zero-order valence-corrected chi connectivity index (χ0v) is 43.2. The Kier molecular flexibility index (Phi) is 22.3. The number of rotatable bonds is 29. The van der Waals surface area contributed by atoms with Crippen LogP contribution < -0.4 is 4.74 Å². The first-order valence-electron chi connectivity index (χ1n) is 26.4. The van der Waals surface area contributed by atoms with Crippen LogP contribution in [0.2, 0.25) is 0 Å². The van der Waals surface area contributed by atoms with E-state index in [9.17, 15) is 19.8 Å². The second-order valence-electron chi connectivity index (χ2n) is 20.0. The second kappa shape index (κ2) is 28.0. The topological polar surface area (TPSA) is 102 Å². The Balaban J connectivity index is 1.44. The molecule has 1 saturated carbocycles. The maximum Gasteiger partial charge on any atom is 0.333 e. The van der Waals surface area contributed by atoms with E-state index in [1.54, 1.807) is 13.8 Å². The maximum absolute atomic E-state index is 12.3. The van der Waals surface area contributed by atoms with Gasteiger partial charge in [-0.1, -0.05) is 140 Å². The molecule has 374 valence electrons. The number of hydrogen-bond acceptors (Lipinski definition) is 7. The van der Waals surface area contributed by atoms with Crippen molar-refractivity contribution in [3.63, 3.8) is 0 Å². The van der Waals surface area contributed by atoms with E-state index in [1.807, 2.05) is 0 Å². The van der Waals surface area contributed by atoms with E-state index in [1.165, 1.54) is 90.3 Å². The van der Waals surface area contributed by atoms with Gasteiger partial charge in [0.25, 0.3) is 0 Å². The summed E-state index contributed by atoms with van der Waals surface area (Å²) in [7, 11) is 0. The molecule has 4 aromatic rings. The van der Waals surface area contributed by atoms with Crippen LogP contribution in [0.3, 0.4) is 0 Å². The Morgan fingerprint density at radius 1 is 0.580 bits per heavy atom. The Morgan fingerprint density at radius 3 is 1.55 bits per heavy atom. The van der Waals surface area contributed by atoms with Gasteiger partial charge in [-0.05, 0) is 176 Å². The summed E-state index contributed by atoms with van der Waals surface area (Å²) in [4.78, 5) is 24.6. The first-order valence-corrected chi connectivity index (χ1v) is 26.4. The molecule has 0 atom stereocenters. The fraction of sp³-hybridized carbons (Fsp3) is 0.516. The lowest BCUT2D eigenvalue weighted by Crippen LogP contribution is -2.32. The van der Waals surface area contributed by atoms with E-state index < -0.39 is 17.4 Å². The molecule has 2 N–H and O–H groups in total. The molecule has 69 heavy (non-hydrogen) atoms. The van der Waals surface area contributed by atoms with Crippen molar-refractivity contribution in [1.29, 1.82) is 0 Å². The van der Waals surface area contributed by atoms with Crippen molar-refractivity contribution < 1.29 is 34.0 Å². The molecular formula is C62H84O7. The number of unbranched alkanes of at least 4 members (excludes halogenated alkanes) is 3. The van der Waals surface area contributed by atoms with Crippen molar-refractivity contribution in [2.45, 2.75) is 163 Å². The van der Waals surface area contributed by atoms with Crippen molar-refractivity contribution in [3.05, 3.63) is 125 Å². The normalized spacial score (nSPS) is 14.9. The van der Waals surface area contributed by atoms with Gasteiger partial charge in [0, 0.05) is 16.6 Å². The summed E-state index contributed by atoms with van der Waals surface area (Å²) >= 11 is 0. The van der Waals surface area contributed by atoms with Crippen LogP contribution in [0.4, 0.5) is 0 Å². The molecule has 1 aliphatic carbocycles. The summed E-state index contributed by atoms with van der Waals surface area (Å²) in [5, 5.41) is 20.8. The minimum absolute atomic E-state index is 0.124. The number of carbonyl (C=O) groups excluding carboxylic acids is 2. The number of esters is 2. The SMILES string of the molecule is C=C(C)C(=O)OCCCc1cc(-c2ccc(-c3ccc(-c4ccc(C5CCC(CCCCC)CC5)cc4)c(CC)c3)cc2CC)cc(CCCOC(=O)C(=C)C)c1OCCC(CO)(CO)CCCC. The standard InChI is InChI=1S/C62H84O7/c1-9-13-15-18-46-21-23-49(24-22-46)50-25-27-51(28-26-50)57-31-29-52(38-47(57)11-3)53-30-32-58(48(12-4)39-53)56-40-54(19-16-35-68-60(65)44(5)6)59(55(41-56)20-17-36-69-61(66)45(7)8)67-37-34-62(42-63,43-64)33-14-10-2/h25-32,38-41,46,49,63-64H,5,7,9-24,33-37,42-43H2,1-4,6,8H3. The third kappa shape index (κ3) is 15.8. The van der Waals surface area contributed by atoms with Gasteiger partial charge in [0.05, 0.1) is 33.0 Å². The molecular weight excluding hydrogens is 857 g/mol. The average Bonchev–Trinajstić information content (AvgIpc) is 3.37. The predicted octanol–water partition coefficient (Wildman–Crippen LogP) is 14.7. The van der Waals surface area contributed by atoms with E-state index >= 15 is 0 Å². The fourth-order valence-electron chi connectivity index (χ4n) is 10.1. The van der Waals surface area contributed by atoms with Crippen LogP contribution in [0, 0.1) is 11.3 Å². The number of benzene rings is 4. The summed E-state index contributed by atoms with van der Waals surface area (Å²) in [5.41, 5.74) is 13.2. The number of aliphatic hydroxyl groups excluding tert-OH is 2. The minimum atomic E-state index is -0.641. The highest BCUT2D eigenvalue weighted by atomic mass is 16.5. The number of carbonyl (C=O) groups is 2. The van der Waals surface area contributed by atoms with Gasteiger partial charge in [0.1, 0.15) is 5.75 Å². The molecule has 0 aromatic heterocycles. The van der Waals surface area contributed by atoms with Gasteiger partial charge in [-0.15, -0.1) is 0 Å². The van der Waals surface area contributed by atoms with Crippen LogP contribution in [0.1, 0.15) is 165 Å². The third-order valence-corrected chi connectivity index (χ3v) is 14.6. The van der Waals surface area contributed by atoms with Crippen LogP contribution >= 0.6 is 0 Å². The van der Waals surface area contributed by atoms with Crippen LogP contribution in [0.15, 0.2) is 97.1 Å². The summed E-state index contributed by atoms with van der Waals surface area (Å²) < 4.78 is 17.7. The van der Waals surface area contributed by atoms with Gasteiger partial charge in [0.15, 0.2) is 0 Å². The first-order chi connectivity index (χ1) is 33.4. The van der Waals surface area contributed by atoms with Gasteiger partial charge >= 0.3 is 11.9 Å². The number of hydrogen-bond donors (Lipinski definition) is 2. The fourth-order valence-corrected chi connectivity index (χ4v) is 10.1. The van der Waals surface area contributed by atoms with E-state index in [2.05, 4.69) is 114 Å². The molecule has 1 fully saturated rings. The largest absolute Gasteiger partial charge is 0.493 e. The quantitative estimate of drug-likeness (QED) is 0.0318. The van der Waals surface area contributed by atoms with E-state index in [4.69, 9.17) is 14.2 Å². The summed E-state index contributed by atoms with van der Waals surface area (Å²) in [5.74, 6) is 1.51. The molecule has 0 saturated heterocycles. The zero-order valence-electron chi connectivity index (χ0n) is 43.2. The highest BCUT2D eigenvalue weighted by molar-refractivity contribution is 5.87. The summed E-state index contributed by atoms with van der Waals surface area (Å²) in [6.07, 6.45) is 18.0. The number of aryl methyl sites for hydroxylation is 4. The lowest BCUT2D eigenvalue weighted by molar-refractivity contribution is -0.139. The molecule has 0 heterocycles. The van der Waals surface area contributed by atoms with Crippen molar-refractivity contribution in [3.8, 4) is 39.1 Å². The van der Waals surface area contributed by atoms with Gasteiger partial charge < -0.3 is 24.4 Å². The molecule has 0 unspecified atom stereocenters. The highest BCUT2D eigenvalue weighted by Crippen LogP contribution is 2.41. The van der Waals surface area contributed by atoms with Gasteiger partial charge in [-0.2, -0.15) is 0 Å². The van der Waals surface area contributed by atoms with Crippen molar-refractivity contribution in [2.75, 3.05) is 33.0 Å². The summed E-state index contributed by atoms with van der Waals surface area (Å²) in [6.45, 7) is 20.1. The van der Waals surface area contributed by atoms with Crippen molar-refractivity contribution in [2.24, 2.45) is 11.3 Å². The van der Waals surface area contributed by atoms with E-state index in [0.29, 0.717) is 62.2 Å². The van der Waals surface area contributed by atoms with E-state index in [-0.39, 0.29) is 26.4 Å². The molecule has 0 radical (unpaired) electrons. The molecule has 4 aromatic carbocycles. The Hall–Kier alpha value is -4.98. The Morgan fingerprint density at radius 2 is 1.07 bits per heavy atom. The van der Waals surface area contributed by atoms with Gasteiger partial charge in [-0.3, -0.25) is 0 Å². The lowest BCUT2D eigenvalue weighted by atomic mass is 9.77. The van der Waals surface area contributed by atoms with Crippen LogP contribution in [-0.4, -0.2) is 55.2 Å². The predicted molar refractivity (Wildman–Crippen MR) is 285 cm³/mol. The molecule has 7 heteroatoms. The molecule has 0 aliphatic heterocycles. The average molecular weight is 941 g/mol. The smallest absolute Gasteiger partial charge is 0.333 e. The highest BCUT2D eigenvalue weighted by Gasteiger charge is 2.29. The van der Waals surface area contributed by atoms with Gasteiger partial charge in [-0.25, -0.2) is 9.59 Å². The molecule has 5 rings (SSSR count). The minimum Gasteiger partial charge on any atom is -0.493 e. The maximum atomic E-state index is 12.3. The second-order valence-corrected chi connectivity index (χ2v) is 20.0. The molecule has 0 amide bonds. The molecule has 0 bridgehead atoms. The van der Waals surface area contributed by atoms with Gasteiger partial charge in [0.2, 0.25) is 0 Å². The van der Waals surface area contributed by atoms with Crippen LogP contribution in [-0.2, 0) is 44.7 Å². The Bertz CT molecular complexity index is 2220.